The van der Waals surface area contributed by atoms with Crippen molar-refractivity contribution < 1.29 is 43.2 Å². The lowest BCUT2D eigenvalue weighted by Gasteiger charge is -2.33. The van der Waals surface area contributed by atoms with Gasteiger partial charge in [0.25, 0.3) is 16.8 Å². The fourth-order valence-corrected chi connectivity index (χ4v) is 1.51. The van der Waals surface area contributed by atoms with E-state index in [0.29, 0.717) is 0 Å². The van der Waals surface area contributed by atoms with Crippen molar-refractivity contribution in [3.63, 3.8) is 0 Å². The second-order valence-electron chi connectivity index (χ2n) is 4.99. The van der Waals surface area contributed by atoms with Crippen molar-refractivity contribution in [1.82, 2.24) is 0 Å². The van der Waals surface area contributed by atoms with Crippen molar-refractivity contribution in [1.29, 1.82) is 0 Å². The van der Waals surface area contributed by atoms with Crippen molar-refractivity contribution >= 4 is 70.8 Å². The van der Waals surface area contributed by atoms with E-state index in [9.17, 15) is 24.3 Å². The van der Waals surface area contributed by atoms with Crippen molar-refractivity contribution in [2.24, 2.45) is 0 Å². The summed E-state index contributed by atoms with van der Waals surface area (Å²) in [5.41, 5.74) is 0. The summed E-state index contributed by atoms with van der Waals surface area (Å²) >= 11 is 22.3. The highest BCUT2D eigenvalue weighted by atomic mass is 35.5. The number of carbonyl (C=O) groups is 4. The second-order valence-corrected chi connectivity index (χ2v) is 8.10. The van der Waals surface area contributed by atoms with Crippen LogP contribution in [0.2, 0.25) is 0 Å². The molecule has 0 amide bonds. The van der Waals surface area contributed by atoms with Crippen LogP contribution in [0.4, 0.5) is 0 Å². The molecule has 0 bridgehead atoms. The number of hydrogen-bond donors (Lipinski definition) is 1. The van der Waals surface area contributed by atoms with Crippen LogP contribution >= 0.6 is 46.4 Å². The summed E-state index contributed by atoms with van der Waals surface area (Å²) in [5.74, 6) is -7.44. The lowest BCUT2D eigenvalue weighted by Crippen LogP contribution is -2.52. The third-order valence-corrected chi connectivity index (χ3v) is 3.03. The maximum Gasteiger partial charge on any atom is 0.377 e. The van der Waals surface area contributed by atoms with Gasteiger partial charge < -0.3 is 19.3 Å². The van der Waals surface area contributed by atoms with Crippen LogP contribution in [0, 0.1) is 0 Å². The van der Waals surface area contributed by atoms with Crippen molar-refractivity contribution in [2.75, 3.05) is 0 Å². The predicted octanol–water partition coefficient (Wildman–Crippen LogP) is 2.12. The average molecular weight is 444 g/mol. The molecule has 3 unspecified atom stereocenters. The SMILES string of the molecule is CC(Cl)(OC=O)OC(C)(OC(=O)C(C)(Cl)OC(=O)C(C)(Cl)Cl)C(=O)O. The number of rotatable bonds is 9. The van der Waals surface area contributed by atoms with Crippen LogP contribution in [0.3, 0.4) is 0 Å². The molecular formula is C12H14Cl4O9. The summed E-state index contributed by atoms with van der Waals surface area (Å²) in [4.78, 5) is 45.3. The van der Waals surface area contributed by atoms with Gasteiger partial charge in [0.15, 0.2) is 0 Å². The Morgan fingerprint density at radius 1 is 0.920 bits per heavy atom. The monoisotopic (exact) mass is 442 g/mol. The van der Waals surface area contributed by atoms with Gasteiger partial charge in [-0.3, -0.25) is 9.53 Å². The molecule has 25 heavy (non-hydrogen) atoms. The number of esters is 2. The van der Waals surface area contributed by atoms with Gasteiger partial charge in [-0.15, -0.1) is 0 Å². The first-order valence-corrected chi connectivity index (χ1v) is 7.75. The molecule has 0 aliphatic heterocycles. The molecule has 0 fully saturated rings. The summed E-state index contributed by atoms with van der Waals surface area (Å²) in [6, 6.07) is 0. The summed E-state index contributed by atoms with van der Waals surface area (Å²) in [5, 5.41) is 4.40. The highest BCUT2D eigenvalue weighted by Gasteiger charge is 2.51. The van der Waals surface area contributed by atoms with Gasteiger partial charge in [-0.25, -0.2) is 14.4 Å². The zero-order valence-corrected chi connectivity index (χ0v) is 16.3. The first-order valence-electron chi connectivity index (χ1n) is 6.24. The molecule has 0 spiro atoms. The van der Waals surface area contributed by atoms with E-state index in [1.165, 1.54) is 0 Å². The minimum atomic E-state index is -2.76. The van der Waals surface area contributed by atoms with Gasteiger partial charge in [-0.1, -0.05) is 34.8 Å². The molecule has 0 saturated heterocycles. The Labute approximate surface area is 162 Å². The molecule has 0 saturated carbocycles. The average Bonchev–Trinajstić information content (AvgIpc) is 2.35. The number of halogens is 4. The fraction of sp³-hybridized carbons (Fsp3) is 0.667. The smallest absolute Gasteiger partial charge is 0.377 e. The van der Waals surface area contributed by atoms with Crippen molar-refractivity contribution in [3.05, 3.63) is 0 Å². The summed E-state index contributed by atoms with van der Waals surface area (Å²) in [6.45, 7) is 3.54. The van der Waals surface area contributed by atoms with Crippen LogP contribution in [-0.2, 0) is 38.1 Å². The van der Waals surface area contributed by atoms with E-state index in [1.807, 2.05) is 0 Å². The van der Waals surface area contributed by atoms with Crippen molar-refractivity contribution in [3.8, 4) is 0 Å². The van der Waals surface area contributed by atoms with Crippen LogP contribution in [0.15, 0.2) is 0 Å². The van der Waals surface area contributed by atoms with E-state index in [0.717, 1.165) is 27.7 Å². The van der Waals surface area contributed by atoms with Gasteiger partial charge in [0.2, 0.25) is 4.33 Å². The Bertz CT molecular complexity index is 555. The first kappa shape index (κ1) is 24.0. The number of carbonyl (C=O) groups excluding carboxylic acids is 3. The molecule has 0 aromatic rings. The number of aliphatic carboxylic acids is 1. The largest absolute Gasteiger partial charge is 0.476 e. The third-order valence-electron chi connectivity index (χ3n) is 2.32. The van der Waals surface area contributed by atoms with E-state index >= 15 is 0 Å². The molecule has 144 valence electrons. The topological polar surface area (TPSA) is 125 Å². The summed E-state index contributed by atoms with van der Waals surface area (Å²) in [6.07, 6.45) is 0. The minimum Gasteiger partial charge on any atom is -0.476 e. The van der Waals surface area contributed by atoms with Gasteiger partial charge in [-0.05, 0) is 18.5 Å². The van der Waals surface area contributed by atoms with Gasteiger partial charge >= 0.3 is 23.7 Å². The summed E-state index contributed by atoms with van der Waals surface area (Å²) in [7, 11) is 0. The molecular weight excluding hydrogens is 430 g/mol. The standard InChI is InChI=1S/C12H14Cl4O9/c1-9(13,14)7(20)23-10(2,15)8(21)24-11(3,6(18)19)25-12(4,16)22-5-17/h5H,1-4H3,(H,18,19). The second kappa shape index (κ2) is 8.13. The number of hydrogen-bond acceptors (Lipinski definition) is 8. The lowest BCUT2D eigenvalue weighted by molar-refractivity contribution is -0.292. The molecule has 13 heteroatoms. The zero-order chi connectivity index (χ0) is 20.3. The third kappa shape index (κ3) is 7.41. The minimum absolute atomic E-state index is 0.119. The van der Waals surface area contributed by atoms with E-state index in [4.69, 9.17) is 51.1 Å². The predicted molar refractivity (Wildman–Crippen MR) is 85.1 cm³/mol. The Morgan fingerprint density at radius 3 is 1.76 bits per heavy atom. The first-order chi connectivity index (χ1) is 11.0. The Kier molecular flexibility index (Phi) is 7.81. The molecule has 1 N–H and O–H groups in total. The molecule has 3 atom stereocenters. The van der Waals surface area contributed by atoms with Crippen LogP contribution in [0.1, 0.15) is 27.7 Å². The van der Waals surface area contributed by atoms with E-state index in [-0.39, 0.29) is 6.47 Å². The van der Waals surface area contributed by atoms with Gasteiger partial charge in [0.05, 0.1) is 0 Å². The molecule has 9 nitrogen and oxygen atoms in total. The Balaban J connectivity index is 5.38. The Morgan fingerprint density at radius 2 is 1.40 bits per heavy atom. The zero-order valence-electron chi connectivity index (χ0n) is 13.3. The fourth-order valence-electron chi connectivity index (χ4n) is 1.14. The highest BCUT2D eigenvalue weighted by Crippen LogP contribution is 2.31. The van der Waals surface area contributed by atoms with Crippen molar-refractivity contribution in [2.45, 2.75) is 48.1 Å². The van der Waals surface area contributed by atoms with Gasteiger partial charge in [-0.2, -0.15) is 0 Å². The molecule has 0 radical (unpaired) electrons. The number of alkyl halides is 4. The maximum absolute atomic E-state index is 12.1. The van der Waals surface area contributed by atoms with E-state index in [1.54, 1.807) is 0 Å². The quantitative estimate of drug-likeness (QED) is 0.187. The number of ether oxygens (including phenoxy) is 4. The van der Waals surface area contributed by atoms with Crippen LogP contribution in [0.25, 0.3) is 0 Å². The van der Waals surface area contributed by atoms with Crippen LogP contribution < -0.4 is 0 Å². The van der Waals surface area contributed by atoms with Crippen LogP contribution in [0.5, 0.6) is 0 Å². The van der Waals surface area contributed by atoms with Crippen LogP contribution in [-0.4, -0.2) is 49.9 Å². The highest BCUT2D eigenvalue weighted by molar-refractivity contribution is 6.57. The maximum atomic E-state index is 12.1. The number of carboxylic acids is 1. The Hall–Kier alpha value is -1.00. The van der Waals surface area contributed by atoms with Gasteiger partial charge in [0, 0.05) is 20.8 Å². The number of carboxylic acid groups (broad SMARTS) is 1. The molecule has 0 aromatic carbocycles. The summed E-state index contributed by atoms with van der Waals surface area (Å²) < 4.78 is 16.3. The normalized spacial score (nSPS) is 18.7. The molecule has 0 aromatic heterocycles. The molecule has 0 aliphatic carbocycles. The van der Waals surface area contributed by atoms with Gasteiger partial charge in [0.1, 0.15) is 0 Å². The molecule has 0 heterocycles. The van der Waals surface area contributed by atoms with E-state index in [2.05, 4.69) is 14.2 Å². The molecule has 0 aliphatic rings. The lowest BCUT2D eigenvalue weighted by atomic mass is 10.3. The van der Waals surface area contributed by atoms with E-state index < -0.39 is 38.3 Å². The molecule has 0 rings (SSSR count).